The minimum atomic E-state index is -0.947. The van der Waals surface area contributed by atoms with Gasteiger partial charge in [0.1, 0.15) is 17.5 Å². The van der Waals surface area contributed by atoms with Gasteiger partial charge in [-0.3, -0.25) is 14.9 Å². The fourth-order valence-corrected chi connectivity index (χ4v) is 4.42. The Labute approximate surface area is 215 Å². The number of nitro groups is 1. The van der Waals surface area contributed by atoms with E-state index in [9.17, 15) is 24.1 Å². The van der Waals surface area contributed by atoms with E-state index in [1.807, 2.05) is 20.8 Å². The number of hydrogen-bond donors (Lipinski definition) is 2. The monoisotopic (exact) mass is 515 g/mol. The number of benzene rings is 2. The molecule has 2 aromatic carbocycles. The Kier molecular flexibility index (Phi) is 8.40. The lowest BCUT2D eigenvalue weighted by molar-refractivity contribution is -0.384. The van der Waals surface area contributed by atoms with Crippen LogP contribution in [0.5, 0.6) is 11.5 Å². The van der Waals surface area contributed by atoms with E-state index in [4.69, 9.17) is 9.47 Å². The lowest BCUT2D eigenvalue weighted by atomic mass is 9.71. The van der Waals surface area contributed by atoms with Crippen LogP contribution in [-0.4, -0.2) is 23.0 Å². The van der Waals surface area contributed by atoms with Crippen molar-refractivity contribution in [2.45, 2.75) is 71.9 Å². The van der Waals surface area contributed by atoms with Gasteiger partial charge < -0.3 is 20.1 Å². The van der Waals surface area contributed by atoms with E-state index in [0.29, 0.717) is 6.07 Å². The number of alkyl carbamates (subject to hydrolysis) is 1. The van der Waals surface area contributed by atoms with Crippen molar-refractivity contribution in [1.82, 2.24) is 5.32 Å². The van der Waals surface area contributed by atoms with E-state index < -0.39 is 34.2 Å². The number of ether oxygens (including phenoxy) is 2. The largest absolute Gasteiger partial charge is 0.454 e. The van der Waals surface area contributed by atoms with Crippen LogP contribution in [0.1, 0.15) is 72.0 Å². The number of carbonyl (C=O) groups excluding carboxylic acids is 2. The lowest BCUT2D eigenvalue weighted by Gasteiger charge is -2.38. The molecule has 10 heteroatoms. The molecule has 37 heavy (non-hydrogen) atoms. The maximum absolute atomic E-state index is 14.5. The molecule has 1 fully saturated rings. The second kappa shape index (κ2) is 11.1. The van der Waals surface area contributed by atoms with E-state index in [-0.39, 0.29) is 34.9 Å². The van der Waals surface area contributed by atoms with E-state index in [0.717, 1.165) is 37.3 Å². The van der Waals surface area contributed by atoms with Gasteiger partial charge in [0.2, 0.25) is 6.41 Å². The molecular weight excluding hydrogens is 481 g/mol. The molecule has 0 radical (unpaired) electrons. The third kappa shape index (κ3) is 7.65. The molecule has 1 unspecified atom stereocenters. The van der Waals surface area contributed by atoms with Gasteiger partial charge in [-0.2, -0.15) is 0 Å². The van der Waals surface area contributed by atoms with Gasteiger partial charge in [-0.25, -0.2) is 9.18 Å². The molecule has 0 spiro atoms. The minimum Gasteiger partial charge on any atom is -0.454 e. The fourth-order valence-electron chi connectivity index (χ4n) is 4.42. The maximum Gasteiger partial charge on any atom is 0.408 e. The standard InChI is InChI=1S/C27H34FN3O6/c1-26(2,3)30-25(33)37-24(18-10-12-27(4,5)13-11-18)17-6-8-19(9-7-17)36-23-15-21(29-16-32)22(31(34)35)14-20(23)28/h6-9,14-16,18,24H,10-13H2,1-5H3,(H,29,32)(H,30,33). The third-order valence-corrected chi connectivity index (χ3v) is 6.42. The van der Waals surface area contributed by atoms with Crippen molar-refractivity contribution >= 4 is 23.9 Å². The van der Waals surface area contributed by atoms with Gasteiger partial charge in [-0.05, 0) is 69.6 Å². The first-order valence-electron chi connectivity index (χ1n) is 12.2. The summed E-state index contributed by atoms with van der Waals surface area (Å²) >= 11 is 0. The summed E-state index contributed by atoms with van der Waals surface area (Å²) in [6.07, 6.45) is 3.18. The van der Waals surface area contributed by atoms with Crippen LogP contribution in [0, 0.1) is 27.3 Å². The lowest BCUT2D eigenvalue weighted by Crippen LogP contribution is -2.42. The molecule has 1 atom stereocenters. The maximum atomic E-state index is 14.5. The zero-order valence-electron chi connectivity index (χ0n) is 21.8. The zero-order chi connectivity index (χ0) is 27.4. The Morgan fingerprint density at radius 3 is 2.35 bits per heavy atom. The SMILES string of the molecule is CC1(C)CCC(C(OC(=O)NC(C)(C)C)c2ccc(Oc3cc(NC=O)c([N+](=O)[O-])cc3F)cc2)CC1. The highest BCUT2D eigenvalue weighted by atomic mass is 19.1. The quantitative estimate of drug-likeness (QED) is 0.225. The molecule has 1 aliphatic carbocycles. The summed E-state index contributed by atoms with van der Waals surface area (Å²) in [6.45, 7) is 10.1. The van der Waals surface area contributed by atoms with Crippen molar-refractivity contribution in [3.05, 3.63) is 57.9 Å². The Bertz CT molecular complexity index is 1130. The van der Waals surface area contributed by atoms with Crippen LogP contribution >= 0.6 is 0 Å². The van der Waals surface area contributed by atoms with E-state index >= 15 is 0 Å². The second-order valence-corrected chi connectivity index (χ2v) is 11.2. The number of nitrogens with zero attached hydrogens (tertiary/aromatic N) is 1. The summed E-state index contributed by atoms with van der Waals surface area (Å²) in [6, 6.07) is 8.51. The van der Waals surface area contributed by atoms with Crippen molar-refractivity contribution in [1.29, 1.82) is 0 Å². The van der Waals surface area contributed by atoms with Crippen LogP contribution in [0.3, 0.4) is 0 Å². The van der Waals surface area contributed by atoms with Gasteiger partial charge in [0, 0.05) is 17.5 Å². The summed E-state index contributed by atoms with van der Waals surface area (Å²) in [4.78, 5) is 33.8. The molecule has 200 valence electrons. The number of rotatable bonds is 8. The number of halogens is 1. The Hall–Kier alpha value is -3.69. The number of carbonyl (C=O) groups is 2. The van der Waals surface area contributed by atoms with Crippen LogP contribution < -0.4 is 15.4 Å². The van der Waals surface area contributed by atoms with Gasteiger partial charge >= 0.3 is 6.09 Å². The van der Waals surface area contributed by atoms with Gasteiger partial charge in [0.25, 0.3) is 5.69 Å². The van der Waals surface area contributed by atoms with Crippen molar-refractivity contribution in [2.75, 3.05) is 5.32 Å². The molecule has 2 N–H and O–H groups in total. The molecular formula is C27H34FN3O6. The number of amides is 2. The summed E-state index contributed by atoms with van der Waals surface area (Å²) in [5.41, 5.74) is -0.185. The summed E-state index contributed by atoms with van der Waals surface area (Å²) < 4.78 is 26.0. The predicted molar refractivity (Wildman–Crippen MR) is 137 cm³/mol. The topological polar surface area (TPSA) is 120 Å². The zero-order valence-corrected chi connectivity index (χ0v) is 21.8. The van der Waals surface area contributed by atoms with Crippen LogP contribution in [-0.2, 0) is 9.53 Å². The third-order valence-electron chi connectivity index (χ3n) is 6.42. The summed E-state index contributed by atoms with van der Waals surface area (Å²) in [5.74, 6) is -0.808. The predicted octanol–water partition coefficient (Wildman–Crippen LogP) is 6.88. The van der Waals surface area contributed by atoms with Crippen molar-refractivity contribution < 1.29 is 28.4 Å². The molecule has 0 aliphatic heterocycles. The molecule has 1 aliphatic rings. The highest BCUT2D eigenvalue weighted by molar-refractivity contribution is 5.78. The summed E-state index contributed by atoms with van der Waals surface area (Å²) in [7, 11) is 0. The second-order valence-electron chi connectivity index (χ2n) is 11.2. The molecule has 0 aromatic heterocycles. The molecule has 0 heterocycles. The molecule has 9 nitrogen and oxygen atoms in total. The fraction of sp³-hybridized carbons (Fsp3) is 0.481. The van der Waals surface area contributed by atoms with Crippen molar-refractivity contribution in [2.24, 2.45) is 11.3 Å². The number of nitro benzene ring substituents is 1. The molecule has 2 aromatic rings. The van der Waals surface area contributed by atoms with Crippen LogP contribution in [0.15, 0.2) is 36.4 Å². The molecule has 0 saturated heterocycles. The number of anilines is 1. The summed E-state index contributed by atoms with van der Waals surface area (Å²) in [5, 5.41) is 16.2. The highest BCUT2D eigenvalue weighted by Gasteiger charge is 2.34. The van der Waals surface area contributed by atoms with Crippen molar-refractivity contribution in [3.63, 3.8) is 0 Å². The first kappa shape index (κ1) is 27.9. The highest BCUT2D eigenvalue weighted by Crippen LogP contribution is 2.44. The Morgan fingerprint density at radius 1 is 1.19 bits per heavy atom. The Morgan fingerprint density at radius 2 is 1.81 bits per heavy atom. The average molecular weight is 516 g/mol. The number of hydrogen-bond acceptors (Lipinski definition) is 6. The molecule has 2 amide bonds. The van der Waals surface area contributed by atoms with Crippen molar-refractivity contribution in [3.8, 4) is 11.5 Å². The van der Waals surface area contributed by atoms with E-state index in [1.165, 1.54) is 0 Å². The first-order valence-corrected chi connectivity index (χ1v) is 12.2. The molecule has 3 rings (SSSR count). The Balaban J connectivity index is 1.83. The van der Waals surface area contributed by atoms with Crippen LogP contribution in [0.2, 0.25) is 0 Å². The van der Waals surface area contributed by atoms with Gasteiger partial charge in [0.05, 0.1) is 11.0 Å². The van der Waals surface area contributed by atoms with Crippen LogP contribution in [0.4, 0.5) is 20.6 Å². The normalized spacial score (nSPS) is 16.4. The average Bonchev–Trinajstić information content (AvgIpc) is 2.79. The molecule has 0 bridgehead atoms. The smallest absolute Gasteiger partial charge is 0.408 e. The van der Waals surface area contributed by atoms with E-state index in [2.05, 4.69) is 24.5 Å². The number of nitrogens with one attached hydrogen (secondary N) is 2. The minimum absolute atomic E-state index is 0.148. The van der Waals surface area contributed by atoms with Gasteiger partial charge in [-0.15, -0.1) is 0 Å². The van der Waals surface area contributed by atoms with Crippen LogP contribution in [0.25, 0.3) is 0 Å². The molecule has 1 saturated carbocycles. The van der Waals surface area contributed by atoms with Gasteiger partial charge in [-0.1, -0.05) is 26.0 Å². The first-order chi connectivity index (χ1) is 17.3. The van der Waals surface area contributed by atoms with E-state index in [1.54, 1.807) is 24.3 Å². The van der Waals surface area contributed by atoms with Gasteiger partial charge in [0.15, 0.2) is 11.6 Å².